The van der Waals surface area contributed by atoms with Gasteiger partial charge >= 0.3 is 0 Å². The van der Waals surface area contributed by atoms with Crippen LogP contribution < -0.4 is 5.32 Å². The Bertz CT molecular complexity index is 755. The van der Waals surface area contributed by atoms with E-state index in [4.69, 9.17) is 0 Å². The standard InChI is InChI=1S/C21H27NO/c1-20(2,3)13-21(4,5)22-19(23)17-12-11-15-10-9-14-7-6-8-16(17)18(14)15/h6-8,11-12H,9-10,13H2,1-5H3,(H,22,23). The first kappa shape index (κ1) is 16.0. The first-order valence-electron chi connectivity index (χ1n) is 8.52. The highest BCUT2D eigenvalue weighted by atomic mass is 16.1. The maximum Gasteiger partial charge on any atom is 0.252 e. The van der Waals surface area contributed by atoms with Crippen molar-refractivity contribution in [1.82, 2.24) is 5.32 Å². The molecule has 122 valence electrons. The zero-order chi connectivity index (χ0) is 16.8. The van der Waals surface area contributed by atoms with Crippen LogP contribution in [0.1, 0.15) is 62.5 Å². The summed E-state index contributed by atoms with van der Waals surface area (Å²) < 4.78 is 0. The summed E-state index contributed by atoms with van der Waals surface area (Å²) in [5.74, 6) is 0.0369. The first-order chi connectivity index (χ1) is 10.7. The summed E-state index contributed by atoms with van der Waals surface area (Å²) in [6.07, 6.45) is 3.12. The molecular formula is C21H27NO. The van der Waals surface area contributed by atoms with E-state index in [9.17, 15) is 4.79 Å². The number of aryl methyl sites for hydroxylation is 2. The van der Waals surface area contributed by atoms with Crippen molar-refractivity contribution in [3.8, 4) is 0 Å². The van der Waals surface area contributed by atoms with E-state index in [1.807, 2.05) is 6.07 Å². The van der Waals surface area contributed by atoms with Gasteiger partial charge in [0.1, 0.15) is 0 Å². The average Bonchev–Trinajstić information content (AvgIpc) is 2.81. The van der Waals surface area contributed by atoms with Crippen molar-refractivity contribution < 1.29 is 4.79 Å². The van der Waals surface area contributed by atoms with Crippen molar-refractivity contribution in [3.05, 3.63) is 47.0 Å². The molecule has 1 N–H and O–H groups in total. The van der Waals surface area contributed by atoms with Crippen LogP contribution in [-0.4, -0.2) is 11.4 Å². The van der Waals surface area contributed by atoms with Gasteiger partial charge in [-0.2, -0.15) is 0 Å². The Labute approximate surface area is 139 Å². The van der Waals surface area contributed by atoms with E-state index in [2.05, 4.69) is 64.2 Å². The minimum atomic E-state index is -0.224. The molecule has 1 amide bonds. The summed E-state index contributed by atoms with van der Waals surface area (Å²) >= 11 is 0. The number of carbonyl (C=O) groups excluding carboxylic acids is 1. The second kappa shape index (κ2) is 5.36. The van der Waals surface area contributed by atoms with Crippen molar-refractivity contribution in [2.75, 3.05) is 0 Å². The molecule has 2 heteroatoms. The fourth-order valence-electron chi connectivity index (χ4n) is 4.19. The first-order valence-corrected chi connectivity index (χ1v) is 8.52. The van der Waals surface area contributed by atoms with Crippen LogP contribution >= 0.6 is 0 Å². The van der Waals surface area contributed by atoms with E-state index in [1.165, 1.54) is 16.5 Å². The highest BCUT2D eigenvalue weighted by Gasteiger charge is 2.28. The summed E-state index contributed by atoms with van der Waals surface area (Å²) in [5.41, 5.74) is 3.51. The zero-order valence-electron chi connectivity index (χ0n) is 14.9. The summed E-state index contributed by atoms with van der Waals surface area (Å²) in [5, 5.41) is 5.64. The van der Waals surface area contributed by atoms with Crippen LogP contribution in [0.2, 0.25) is 0 Å². The summed E-state index contributed by atoms with van der Waals surface area (Å²) in [6, 6.07) is 10.5. The van der Waals surface area contributed by atoms with Gasteiger partial charge in [0.15, 0.2) is 0 Å². The predicted molar refractivity (Wildman–Crippen MR) is 97.0 cm³/mol. The summed E-state index contributed by atoms with van der Waals surface area (Å²) in [6.45, 7) is 10.8. The quantitative estimate of drug-likeness (QED) is 0.860. The van der Waals surface area contributed by atoms with Crippen LogP contribution in [0.15, 0.2) is 30.3 Å². The SMILES string of the molecule is CC(C)(C)CC(C)(C)NC(=O)c1ccc2c3c(cccc13)CC2. The molecule has 0 atom stereocenters. The number of amides is 1. The van der Waals surface area contributed by atoms with Gasteiger partial charge in [0, 0.05) is 11.1 Å². The van der Waals surface area contributed by atoms with Crippen LogP contribution in [0, 0.1) is 5.41 Å². The molecule has 0 fully saturated rings. The lowest BCUT2D eigenvalue weighted by molar-refractivity contribution is 0.0893. The molecule has 0 bridgehead atoms. The fraction of sp³-hybridized carbons (Fsp3) is 0.476. The van der Waals surface area contributed by atoms with Gasteiger partial charge in [-0.15, -0.1) is 0 Å². The molecule has 2 aromatic carbocycles. The third-order valence-electron chi connectivity index (χ3n) is 4.55. The van der Waals surface area contributed by atoms with E-state index < -0.39 is 0 Å². The van der Waals surface area contributed by atoms with Gasteiger partial charge in [0.05, 0.1) is 0 Å². The Kier molecular flexibility index (Phi) is 3.74. The molecule has 0 aromatic heterocycles. The molecule has 0 radical (unpaired) electrons. The molecule has 0 spiro atoms. The Morgan fingerprint density at radius 1 is 1.00 bits per heavy atom. The van der Waals surface area contributed by atoms with Gasteiger partial charge in [-0.25, -0.2) is 0 Å². The molecule has 1 aliphatic rings. The molecule has 2 nitrogen and oxygen atoms in total. The van der Waals surface area contributed by atoms with Crippen LogP contribution in [-0.2, 0) is 12.8 Å². The van der Waals surface area contributed by atoms with Crippen molar-refractivity contribution in [2.45, 2.75) is 59.4 Å². The maximum atomic E-state index is 12.9. The predicted octanol–water partition coefficient (Wildman–Crippen LogP) is 4.88. The topological polar surface area (TPSA) is 29.1 Å². The Morgan fingerprint density at radius 3 is 2.30 bits per heavy atom. The van der Waals surface area contributed by atoms with Gasteiger partial charge in [0.2, 0.25) is 0 Å². The maximum absolute atomic E-state index is 12.9. The molecule has 0 unspecified atom stereocenters. The molecule has 23 heavy (non-hydrogen) atoms. The lowest BCUT2D eigenvalue weighted by atomic mass is 9.81. The van der Waals surface area contributed by atoms with Crippen molar-refractivity contribution in [2.24, 2.45) is 5.41 Å². The number of nitrogens with one attached hydrogen (secondary N) is 1. The van der Waals surface area contributed by atoms with Gasteiger partial charge < -0.3 is 5.32 Å². The molecule has 1 aliphatic carbocycles. The van der Waals surface area contributed by atoms with Gasteiger partial charge in [0.25, 0.3) is 5.91 Å². The molecule has 0 saturated heterocycles. The third-order valence-corrected chi connectivity index (χ3v) is 4.55. The fourth-order valence-corrected chi connectivity index (χ4v) is 4.19. The number of hydrogen-bond acceptors (Lipinski definition) is 1. The molecule has 2 aromatic rings. The third kappa shape index (κ3) is 3.26. The second-order valence-electron chi connectivity index (χ2n) is 8.69. The van der Waals surface area contributed by atoms with E-state index in [1.54, 1.807) is 0 Å². The summed E-state index contributed by atoms with van der Waals surface area (Å²) in [4.78, 5) is 12.9. The summed E-state index contributed by atoms with van der Waals surface area (Å²) in [7, 11) is 0. The van der Waals surface area contributed by atoms with Crippen LogP contribution in [0.25, 0.3) is 10.8 Å². The van der Waals surface area contributed by atoms with E-state index >= 15 is 0 Å². The highest BCUT2D eigenvalue weighted by Crippen LogP contribution is 2.33. The van der Waals surface area contributed by atoms with Crippen LogP contribution in [0.5, 0.6) is 0 Å². The largest absolute Gasteiger partial charge is 0.347 e. The average molecular weight is 309 g/mol. The molecular weight excluding hydrogens is 282 g/mol. The van der Waals surface area contributed by atoms with Crippen molar-refractivity contribution >= 4 is 16.7 Å². The number of rotatable bonds is 3. The number of carbonyl (C=O) groups is 1. The lowest BCUT2D eigenvalue weighted by Crippen LogP contribution is -2.45. The molecule has 0 heterocycles. The highest BCUT2D eigenvalue weighted by molar-refractivity contribution is 6.09. The van der Waals surface area contributed by atoms with Crippen molar-refractivity contribution in [1.29, 1.82) is 0 Å². The smallest absolute Gasteiger partial charge is 0.252 e. The second-order valence-corrected chi connectivity index (χ2v) is 8.69. The number of benzene rings is 2. The van der Waals surface area contributed by atoms with E-state index in [0.29, 0.717) is 0 Å². The van der Waals surface area contributed by atoms with Crippen molar-refractivity contribution in [3.63, 3.8) is 0 Å². The minimum absolute atomic E-state index is 0.0369. The van der Waals surface area contributed by atoms with Crippen LogP contribution in [0.4, 0.5) is 0 Å². The molecule has 0 saturated carbocycles. The monoisotopic (exact) mass is 309 g/mol. The van der Waals surface area contributed by atoms with E-state index in [0.717, 1.165) is 30.2 Å². The van der Waals surface area contributed by atoms with Crippen LogP contribution in [0.3, 0.4) is 0 Å². The number of hydrogen-bond donors (Lipinski definition) is 1. The Balaban J connectivity index is 1.94. The minimum Gasteiger partial charge on any atom is -0.347 e. The Hall–Kier alpha value is -1.83. The zero-order valence-corrected chi connectivity index (χ0v) is 14.9. The van der Waals surface area contributed by atoms with Gasteiger partial charge in [-0.05, 0) is 66.5 Å². The van der Waals surface area contributed by atoms with E-state index in [-0.39, 0.29) is 16.9 Å². The molecule has 0 aliphatic heterocycles. The Morgan fingerprint density at radius 2 is 1.65 bits per heavy atom. The molecule has 3 rings (SSSR count). The van der Waals surface area contributed by atoms with Gasteiger partial charge in [-0.1, -0.05) is 45.0 Å². The lowest BCUT2D eigenvalue weighted by Gasteiger charge is -2.33. The van der Waals surface area contributed by atoms with Gasteiger partial charge in [-0.3, -0.25) is 4.79 Å². The normalized spacial score (nSPS) is 14.3.